The number of amides is 2. The van der Waals surface area contributed by atoms with Crippen LogP contribution >= 0.6 is 34.8 Å². The smallest absolute Gasteiger partial charge is 0.326 e. The van der Waals surface area contributed by atoms with Crippen LogP contribution in [0.3, 0.4) is 0 Å². The van der Waals surface area contributed by atoms with E-state index in [2.05, 4.69) is 16.1 Å². The molecule has 4 N–H and O–H groups in total. The molecule has 11 heteroatoms. The Morgan fingerprint density at radius 2 is 1.66 bits per heavy atom. The third-order valence-corrected chi connectivity index (χ3v) is 6.69. The van der Waals surface area contributed by atoms with Gasteiger partial charge in [0.15, 0.2) is 5.60 Å². The standard InChI is InChI=1S/C27H22Cl3N3O5/c1-27(14-22(33-38-27)16-4-2-5-17(28)13-16)26(37)32-21(25(35)36)12-15-8-10-18(11-9-15)31-24(34)23-19(29)6-3-7-20(23)30/h2-11,13-14,21,33H,12H2,1H3,(H,31,34)(H,32,37)(H,35,36)/t21?,27-/m0/s1. The highest BCUT2D eigenvalue weighted by Crippen LogP contribution is 2.28. The summed E-state index contributed by atoms with van der Waals surface area (Å²) in [5.41, 5.74) is 3.75. The average Bonchev–Trinajstić information content (AvgIpc) is 3.28. The molecule has 0 fully saturated rings. The molecule has 2 atom stereocenters. The van der Waals surface area contributed by atoms with Crippen molar-refractivity contribution in [1.29, 1.82) is 0 Å². The topological polar surface area (TPSA) is 117 Å². The van der Waals surface area contributed by atoms with E-state index in [1.54, 1.807) is 72.8 Å². The highest BCUT2D eigenvalue weighted by molar-refractivity contribution is 6.40. The largest absolute Gasteiger partial charge is 0.480 e. The number of carboxylic acid groups (broad SMARTS) is 1. The van der Waals surface area contributed by atoms with Gasteiger partial charge in [0.25, 0.3) is 11.8 Å². The first-order chi connectivity index (χ1) is 18.1. The molecule has 0 aliphatic carbocycles. The lowest BCUT2D eigenvalue weighted by molar-refractivity contribution is -0.148. The summed E-state index contributed by atoms with van der Waals surface area (Å²) in [5.74, 6) is -2.32. The molecule has 0 saturated carbocycles. The van der Waals surface area contributed by atoms with E-state index in [4.69, 9.17) is 39.6 Å². The van der Waals surface area contributed by atoms with Crippen LogP contribution in [0.4, 0.5) is 5.69 Å². The van der Waals surface area contributed by atoms with Gasteiger partial charge in [-0.15, -0.1) is 0 Å². The summed E-state index contributed by atoms with van der Waals surface area (Å²) in [6.07, 6.45) is 1.57. The summed E-state index contributed by atoms with van der Waals surface area (Å²) in [6.45, 7) is 1.52. The third-order valence-electron chi connectivity index (χ3n) is 5.82. The van der Waals surface area contributed by atoms with Gasteiger partial charge in [0.2, 0.25) is 0 Å². The second-order valence-electron chi connectivity index (χ2n) is 8.70. The Labute approximate surface area is 233 Å². The first-order valence-corrected chi connectivity index (χ1v) is 12.5. The zero-order valence-electron chi connectivity index (χ0n) is 19.9. The molecule has 1 aliphatic heterocycles. The first kappa shape index (κ1) is 27.5. The van der Waals surface area contributed by atoms with Gasteiger partial charge in [-0.3, -0.25) is 19.9 Å². The summed E-state index contributed by atoms with van der Waals surface area (Å²) < 4.78 is 0. The zero-order valence-corrected chi connectivity index (χ0v) is 22.2. The lowest BCUT2D eigenvalue weighted by Crippen LogP contribution is -2.51. The molecule has 0 spiro atoms. The molecule has 0 saturated heterocycles. The molecule has 196 valence electrons. The number of carboxylic acids is 1. The van der Waals surface area contributed by atoms with Gasteiger partial charge in [-0.05, 0) is 55.0 Å². The van der Waals surface area contributed by atoms with Crippen LogP contribution in [0.2, 0.25) is 15.1 Å². The Morgan fingerprint density at radius 1 is 1.00 bits per heavy atom. The van der Waals surface area contributed by atoms with Crippen molar-refractivity contribution < 1.29 is 24.3 Å². The van der Waals surface area contributed by atoms with Crippen molar-refractivity contribution in [3.05, 3.63) is 105 Å². The number of hydrogen-bond acceptors (Lipinski definition) is 5. The van der Waals surface area contributed by atoms with Crippen molar-refractivity contribution in [2.45, 2.75) is 25.0 Å². The van der Waals surface area contributed by atoms with Gasteiger partial charge >= 0.3 is 5.97 Å². The Morgan fingerprint density at radius 3 is 2.29 bits per heavy atom. The summed E-state index contributed by atoms with van der Waals surface area (Å²) in [6, 6.07) is 17.1. The fourth-order valence-corrected chi connectivity index (χ4v) is 4.53. The molecule has 0 bridgehead atoms. The molecule has 0 aromatic heterocycles. The Bertz CT molecular complexity index is 1410. The van der Waals surface area contributed by atoms with E-state index in [1.165, 1.54) is 6.92 Å². The van der Waals surface area contributed by atoms with Crippen LogP contribution in [0.5, 0.6) is 0 Å². The van der Waals surface area contributed by atoms with E-state index in [1.807, 2.05) is 0 Å². The second kappa shape index (κ2) is 11.4. The number of carbonyl (C=O) groups excluding carboxylic acids is 2. The van der Waals surface area contributed by atoms with Crippen LogP contribution < -0.4 is 16.1 Å². The van der Waals surface area contributed by atoms with E-state index in [-0.39, 0.29) is 22.0 Å². The number of halogens is 3. The molecule has 1 aliphatic rings. The van der Waals surface area contributed by atoms with Crippen molar-refractivity contribution in [2.75, 3.05) is 5.32 Å². The summed E-state index contributed by atoms with van der Waals surface area (Å²) in [7, 11) is 0. The number of anilines is 1. The Hall–Kier alpha value is -3.56. The molecule has 1 heterocycles. The number of carbonyl (C=O) groups is 3. The fraction of sp³-hybridized carbons (Fsp3) is 0.148. The highest BCUT2D eigenvalue weighted by atomic mass is 35.5. The SMILES string of the molecule is C[C@@]1(C(=O)NC(Cc2ccc(NC(=O)c3c(Cl)cccc3Cl)cc2)C(=O)O)C=C(c2cccc(Cl)c2)NO1. The van der Waals surface area contributed by atoms with E-state index >= 15 is 0 Å². The molecule has 3 aromatic rings. The molecule has 3 aromatic carbocycles. The van der Waals surface area contributed by atoms with Crippen LogP contribution in [-0.2, 0) is 20.8 Å². The van der Waals surface area contributed by atoms with Crippen LogP contribution in [0.1, 0.15) is 28.4 Å². The predicted octanol–water partition coefficient (Wildman–Crippen LogP) is 5.35. The molecular weight excluding hydrogens is 553 g/mol. The summed E-state index contributed by atoms with van der Waals surface area (Å²) in [5, 5.41) is 15.9. The summed E-state index contributed by atoms with van der Waals surface area (Å²) in [4.78, 5) is 43.0. The van der Waals surface area contributed by atoms with Gasteiger partial charge in [0, 0.05) is 22.7 Å². The van der Waals surface area contributed by atoms with Crippen molar-refractivity contribution in [1.82, 2.24) is 10.8 Å². The maximum absolute atomic E-state index is 13.0. The van der Waals surface area contributed by atoms with Gasteiger partial charge < -0.3 is 15.7 Å². The summed E-state index contributed by atoms with van der Waals surface area (Å²) >= 11 is 18.2. The first-order valence-electron chi connectivity index (χ1n) is 11.4. The van der Waals surface area contributed by atoms with Crippen molar-refractivity contribution in [3.63, 3.8) is 0 Å². The Balaban J connectivity index is 1.41. The third kappa shape index (κ3) is 6.28. The maximum Gasteiger partial charge on any atom is 0.326 e. The van der Waals surface area contributed by atoms with Crippen molar-refractivity contribution in [3.8, 4) is 0 Å². The molecule has 4 rings (SSSR count). The van der Waals surface area contributed by atoms with Crippen LogP contribution in [0, 0.1) is 0 Å². The van der Waals surface area contributed by atoms with Gasteiger partial charge in [0.1, 0.15) is 6.04 Å². The van der Waals surface area contributed by atoms with Crippen LogP contribution in [0.25, 0.3) is 5.70 Å². The molecule has 8 nitrogen and oxygen atoms in total. The van der Waals surface area contributed by atoms with Crippen LogP contribution in [-0.4, -0.2) is 34.5 Å². The lowest BCUT2D eigenvalue weighted by atomic mass is 10.0. The molecule has 1 unspecified atom stereocenters. The van der Waals surface area contributed by atoms with E-state index in [0.717, 1.165) is 0 Å². The number of hydrogen-bond donors (Lipinski definition) is 4. The van der Waals surface area contributed by atoms with E-state index < -0.39 is 29.4 Å². The molecule has 2 amide bonds. The normalized spacial score (nSPS) is 17.2. The van der Waals surface area contributed by atoms with Gasteiger partial charge in [-0.1, -0.05) is 65.1 Å². The fourth-order valence-electron chi connectivity index (χ4n) is 3.78. The monoisotopic (exact) mass is 573 g/mol. The number of hydroxylamine groups is 1. The van der Waals surface area contributed by atoms with E-state index in [0.29, 0.717) is 27.5 Å². The van der Waals surface area contributed by atoms with Gasteiger partial charge in [-0.2, -0.15) is 0 Å². The molecule has 0 radical (unpaired) electrons. The van der Waals surface area contributed by atoms with Gasteiger partial charge in [-0.25, -0.2) is 4.79 Å². The predicted molar refractivity (Wildman–Crippen MR) is 146 cm³/mol. The minimum Gasteiger partial charge on any atom is -0.480 e. The number of nitrogens with one attached hydrogen (secondary N) is 3. The van der Waals surface area contributed by atoms with Crippen LogP contribution in [0.15, 0.2) is 72.8 Å². The lowest BCUT2D eigenvalue weighted by Gasteiger charge is -2.22. The zero-order chi connectivity index (χ0) is 27.4. The number of rotatable bonds is 8. The molecule has 38 heavy (non-hydrogen) atoms. The Kier molecular flexibility index (Phi) is 8.28. The second-order valence-corrected chi connectivity index (χ2v) is 9.95. The van der Waals surface area contributed by atoms with Crippen molar-refractivity contribution in [2.24, 2.45) is 0 Å². The number of aliphatic carboxylic acids is 1. The minimum atomic E-state index is -1.44. The molecular formula is C27H22Cl3N3O5. The quantitative estimate of drug-likeness (QED) is 0.288. The van der Waals surface area contributed by atoms with Crippen molar-refractivity contribution >= 4 is 64.0 Å². The van der Waals surface area contributed by atoms with Gasteiger partial charge in [0.05, 0.1) is 21.3 Å². The highest BCUT2D eigenvalue weighted by Gasteiger charge is 2.40. The number of benzene rings is 3. The van der Waals surface area contributed by atoms with E-state index in [9.17, 15) is 19.5 Å². The average molecular weight is 575 g/mol. The maximum atomic E-state index is 13.0. The minimum absolute atomic E-state index is 0.0000144.